The Morgan fingerprint density at radius 3 is 1.91 bits per heavy atom. The number of alkyl carbamates (subject to hydrolysis) is 1. The zero-order chi connectivity index (χ0) is 24.7. The lowest BCUT2D eigenvalue weighted by molar-refractivity contribution is -0.141. The topological polar surface area (TPSA) is 140 Å². The first kappa shape index (κ1) is 26.7. The molecule has 0 aliphatic rings. The maximum atomic E-state index is 12.6. The van der Waals surface area contributed by atoms with Gasteiger partial charge in [0.2, 0.25) is 5.91 Å². The quantitative estimate of drug-likeness (QED) is 0.424. The van der Waals surface area contributed by atoms with Gasteiger partial charge in [-0.25, -0.2) is 9.59 Å². The van der Waals surface area contributed by atoms with Crippen molar-refractivity contribution in [2.45, 2.75) is 78.2 Å². The van der Waals surface area contributed by atoms with Gasteiger partial charge in [-0.15, -0.1) is 0 Å². The lowest BCUT2D eigenvalue weighted by Crippen LogP contribution is -2.52. The molecule has 32 heavy (non-hydrogen) atoms. The van der Waals surface area contributed by atoms with E-state index in [0.717, 1.165) is 0 Å². The first-order chi connectivity index (χ1) is 14.6. The average Bonchev–Trinajstić information content (AvgIpc) is 2.59. The fourth-order valence-electron chi connectivity index (χ4n) is 2.33. The predicted octanol–water partition coefficient (Wildman–Crippen LogP) is 3.03. The zero-order valence-corrected chi connectivity index (χ0v) is 19.5. The molecule has 1 aromatic rings. The molecular formula is C22H32N2O8. The molecule has 0 fully saturated rings. The van der Waals surface area contributed by atoms with Crippen molar-refractivity contribution in [3.05, 3.63) is 29.8 Å². The van der Waals surface area contributed by atoms with Crippen molar-refractivity contribution in [2.75, 3.05) is 0 Å². The Kier molecular flexibility index (Phi) is 9.05. The molecule has 0 radical (unpaired) electrons. The number of rotatable bonds is 7. The summed E-state index contributed by atoms with van der Waals surface area (Å²) in [6.45, 7) is 11.5. The summed E-state index contributed by atoms with van der Waals surface area (Å²) in [5.41, 5.74) is -0.848. The summed E-state index contributed by atoms with van der Waals surface area (Å²) < 4.78 is 15.4. The highest BCUT2D eigenvalue weighted by atomic mass is 16.7. The van der Waals surface area contributed by atoms with Crippen molar-refractivity contribution in [2.24, 2.45) is 0 Å². The average molecular weight is 453 g/mol. The molecule has 0 saturated carbocycles. The summed E-state index contributed by atoms with van der Waals surface area (Å²) in [4.78, 5) is 47.6. The molecule has 1 rings (SSSR count). The number of amides is 2. The highest BCUT2D eigenvalue weighted by Gasteiger charge is 2.27. The SMILES string of the molecule is C[C@H](NC(=O)[C@H](Cc1ccc(OC(=O)OC(C)(C)C)cc1)NC(=O)OC(C)(C)C)C(=O)O. The molecule has 3 N–H and O–H groups in total. The normalized spacial score (nSPS) is 13.3. The second-order valence-electron chi connectivity index (χ2n) is 9.18. The van der Waals surface area contributed by atoms with E-state index in [4.69, 9.17) is 19.3 Å². The van der Waals surface area contributed by atoms with Crippen molar-refractivity contribution in [3.8, 4) is 5.75 Å². The molecule has 10 heteroatoms. The second-order valence-corrected chi connectivity index (χ2v) is 9.18. The third kappa shape index (κ3) is 10.6. The van der Waals surface area contributed by atoms with Gasteiger partial charge >= 0.3 is 18.2 Å². The standard InChI is InChI=1S/C22H32N2O8/c1-13(18(26)27)23-17(25)16(24-19(28)31-21(2,3)4)12-14-8-10-15(11-9-14)30-20(29)32-22(5,6)7/h8-11,13,16H,12H2,1-7H3,(H,23,25)(H,24,28)(H,26,27)/t13-,16-/m0/s1. The molecule has 0 heterocycles. The Morgan fingerprint density at radius 1 is 0.906 bits per heavy atom. The van der Waals surface area contributed by atoms with Gasteiger partial charge in [0.1, 0.15) is 29.0 Å². The van der Waals surface area contributed by atoms with Gasteiger partial charge in [0.05, 0.1) is 0 Å². The summed E-state index contributed by atoms with van der Waals surface area (Å²) in [6.07, 6.45) is -1.62. The number of carbonyl (C=O) groups excluding carboxylic acids is 3. The number of ether oxygens (including phenoxy) is 3. The highest BCUT2D eigenvalue weighted by Crippen LogP contribution is 2.17. The smallest absolute Gasteiger partial charge is 0.480 e. The summed E-state index contributed by atoms with van der Waals surface area (Å²) in [5.74, 6) is -1.65. The molecule has 0 aromatic heterocycles. The molecule has 2 amide bonds. The Hall–Kier alpha value is -3.30. The van der Waals surface area contributed by atoms with Crippen LogP contribution in [0.15, 0.2) is 24.3 Å². The van der Waals surface area contributed by atoms with Gasteiger partial charge in [0.25, 0.3) is 0 Å². The predicted molar refractivity (Wildman–Crippen MR) is 115 cm³/mol. The molecule has 0 unspecified atom stereocenters. The summed E-state index contributed by atoms with van der Waals surface area (Å²) in [7, 11) is 0. The van der Waals surface area contributed by atoms with Crippen LogP contribution in [0.25, 0.3) is 0 Å². The number of hydrogen-bond acceptors (Lipinski definition) is 7. The number of aliphatic carboxylic acids is 1. The molecule has 10 nitrogen and oxygen atoms in total. The minimum atomic E-state index is -1.21. The minimum absolute atomic E-state index is 0.0458. The van der Waals surface area contributed by atoms with Crippen molar-refractivity contribution in [3.63, 3.8) is 0 Å². The first-order valence-corrected chi connectivity index (χ1v) is 10.1. The summed E-state index contributed by atoms with van der Waals surface area (Å²) >= 11 is 0. The Morgan fingerprint density at radius 2 is 1.44 bits per heavy atom. The number of hydrogen-bond donors (Lipinski definition) is 3. The first-order valence-electron chi connectivity index (χ1n) is 10.1. The lowest BCUT2D eigenvalue weighted by Gasteiger charge is -2.24. The molecule has 0 bridgehead atoms. The lowest BCUT2D eigenvalue weighted by atomic mass is 10.0. The molecule has 0 aliphatic heterocycles. The van der Waals surface area contributed by atoms with Gasteiger partial charge < -0.3 is 30.0 Å². The van der Waals surface area contributed by atoms with E-state index in [1.807, 2.05) is 0 Å². The van der Waals surface area contributed by atoms with Crippen LogP contribution in [0.1, 0.15) is 54.0 Å². The van der Waals surface area contributed by atoms with E-state index in [-0.39, 0.29) is 12.2 Å². The van der Waals surface area contributed by atoms with Crippen molar-refractivity contribution < 1.29 is 38.5 Å². The highest BCUT2D eigenvalue weighted by molar-refractivity contribution is 5.89. The maximum Gasteiger partial charge on any atom is 0.514 e. The van der Waals surface area contributed by atoms with E-state index in [9.17, 15) is 19.2 Å². The summed E-state index contributed by atoms with van der Waals surface area (Å²) in [6, 6.07) is 4.01. The molecular weight excluding hydrogens is 420 g/mol. The van der Waals surface area contributed by atoms with Crippen LogP contribution in [0.4, 0.5) is 9.59 Å². The number of benzene rings is 1. The van der Waals surface area contributed by atoms with Crippen LogP contribution < -0.4 is 15.4 Å². The zero-order valence-electron chi connectivity index (χ0n) is 19.5. The Balaban J connectivity index is 2.91. The molecule has 1 aromatic carbocycles. The third-order valence-electron chi connectivity index (χ3n) is 3.69. The van der Waals surface area contributed by atoms with E-state index < -0.39 is 47.4 Å². The van der Waals surface area contributed by atoms with Crippen LogP contribution in [-0.2, 0) is 25.5 Å². The van der Waals surface area contributed by atoms with Gasteiger partial charge in [-0.3, -0.25) is 9.59 Å². The third-order valence-corrected chi connectivity index (χ3v) is 3.69. The van der Waals surface area contributed by atoms with Gasteiger partial charge in [-0.1, -0.05) is 12.1 Å². The molecule has 0 saturated heterocycles. The molecule has 0 spiro atoms. The van der Waals surface area contributed by atoms with Crippen LogP contribution in [0.3, 0.4) is 0 Å². The Labute approximate surface area is 187 Å². The van der Waals surface area contributed by atoms with Crippen molar-refractivity contribution in [1.82, 2.24) is 10.6 Å². The summed E-state index contributed by atoms with van der Waals surface area (Å²) in [5, 5.41) is 13.8. The van der Waals surface area contributed by atoms with E-state index in [1.54, 1.807) is 53.7 Å². The van der Waals surface area contributed by atoms with Crippen LogP contribution in [0, 0.1) is 0 Å². The molecule has 178 valence electrons. The number of carboxylic acids is 1. The van der Waals surface area contributed by atoms with Crippen LogP contribution >= 0.6 is 0 Å². The van der Waals surface area contributed by atoms with E-state index >= 15 is 0 Å². The minimum Gasteiger partial charge on any atom is -0.480 e. The monoisotopic (exact) mass is 452 g/mol. The molecule has 0 aliphatic carbocycles. The van der Waals surface area contributed by atoms with E-state index in [0.29, 0.717) is 5.56 Å². The van der Waals surface area contributed by atoms with Crippen LogP contribution in [0.2, 0.25) is 0 Å². The van der Waals surface area contributed by atoms with Crippen molar-refractivity contribution >= 4 is 24.1 Å². The Bertz CT molecular complexity index is 822. The number of nitrogens with one attached hydrogen (secondary N) is 2. The van der Waals surface area contributed by atoms with Crippen LogP contribution in [-0.4, -0.2) is 52.5 Å². The number of carboxylic acid groups (broad SMARTS) is 1. The van der Waals surface area contributed by atoms with Gasteiger partial charge in [-0.2, -0.15) is 0 Å². The molecule has 2 atom stereocenters. The van der Waals surface area contributed by atoms with Gasteiger partial charge in [-0.05, 0) is 66.2 Å². The maximum absolute atomic E-state index is 12.6. The van der Waals surface area contributed by atoms with E-state index in [2.05, 4.69) is 10.6 Å². The largest absolute Gasteiger partial charge is 0.514 e. The fraction of sp³-hybridized carbons (Fsp3) is 0.545. The fourth-order valence-corrected chi connectivity index (χ4v) is 2.33. The van der Waals surface area contributed by atoms with E-state index in [1.165, 1.54) is 19.1 Å². The van der Waals surface area contributed by atoms with Gasteiger partial charge in [0.15, 0.2) is 0 Å². The second kappa shape index (κ2) is 10.8. The van der Waals surface area contributed by atoms with Crippen LogP contribution in [0.5, 0.6) is 5.75 Å². The number of carbonyl (C=O) groups is 4. The van der Waals surface area contributed by atoms with Crippen molar-refractivity contribution in [1.29, 1.82) is 0 Å². The van der Waals surface area contributed by atoms with Gasteiger partial charge in [0, 0.05) is 6.42 Å².